The van der Waals surface area contributed by atoms with Gasteiger partial charge in [0.15, 0.2) is 0 Å². The first-order valence-corrected chi connectivity index (χ1v) is 5.55. The highest BCUT2D eigenvalue weighted by Crippen LogP contribution is 2.08. The zero-order chi connectivity index (χ0) is 10.5. The third kappa shape index (κ3) is 3.06. The Kier molecular flexibility index (Phi) is 3.77. The van der Waals surface area contributed by atoms with Crippen LogP contribution >= 0.6 is 0 Å². The number of hydrogen-bond donors (Lipinski definition) is 1. The van der Waals surface area contributed by atoms with Gasteiger partial charge in [0.25, 0.3) is 0 Å². The summed E-state index contributed by atoms with van der Waals surface area (Å²) >= 11 is 0. The Morgan fingerprint density at radius 2 is 1.93 bits per heavy atom. The van der Waals surface area contributed by atoms with Gasteiger partial charge in [0.05, 0.1) is 12.8 Å². The molecule has 1 aromatic heterocycles. The molecular weight excluding hydrogens is 190 g/mol. The van der Waals surface area contributed by atoms with E-state index < -0.39 is 0 Å². The highest BCUT2D eigenvalue weighted by molar-refractivity contribution is 4.98. The van der Waals surface area contributed by atoms with Crippen molar-refractivity contribution in [1.82, 2.24) is 9.80 Å². The quantitative estimate of drug-likeness (QED) is 0.777. The Bertz CT molecular complexity index is 265. The summed E-state index contributed by atoms with van der Waals surface area (Å²) in [6, 6.07) is 3.98. The molecule has 0 bridgehead atoms. The second kappa shape index (κ2) is 5.30. The van der Waals surface area contributed by atoms with E-state index in [0.717, 1.165) is 51.6 Å². The third-order valence-electron chi connectivity index (χ3n) is 2.87. The summed E-state index contributed by atoms with van der Waals surface area (Å²) in [5.41, 5.74) is 5.53. The summed E-state index contributed by atoms with van der Waals surface area (Å²) in [6.45, 7) is 7.19. The topological polar surface area (TPSA) is 45.6 Å². The minimum Gasteiger partial charge on any atom is -0.468 e. The first-order chi connectivity index (χ1) is 7.38. The average Bonchev–Trinajstić information content (AvgIpc) is 2.74. The fraction of sp³-hybridized carbons (Fsp3) is 0.636. The highest BCUT2D eigenvalue weighted by atomic mass is 16.3. The molecule has 4 heteroatoms. The van der Waals surface area contributed by atoms with Crippen molar-refractivity contribution in [3.63, 3.8) is 0 Å². The maximum atomic E-state index is 5.53. The Morgan fingerprint density at radius 1 is 1.20 bits per heavy atom. The molecule has 2 N–H and O–H groups in total. The standard InChI is InChI=1S/C11H19N3O/c12-3-4-13-5-7-14(8-6-13)10-11-2-1-9-15-11/h1-2,9H,3-8,10,12H2. The lowest BCUT2D eigenvalue weighted by molar-refractivity contribution is 0.123. The van der Waals surface area contributed by atoms with Crippen molar-refractivity contribution in [2.75, 3.05) is 39.3 Å². The molecule has 0 amide bonds. The molecule has 0 saturated carbocycles. The van der Waals surface area contributed by atoms with Crippen LogP contribution in [-0.2, 0) is 6.54 Å². The van der Waals surface area contributed by atoms with Crippen LogP contribution in [0.1, 0.15) is 5.76 Å². The summed E-state index contributed by atoms with van der Waals surface area (Å²) in [4.78, 5) is 4.84. The summed E-state index contributed by atoms with van der Waals surface area (Å²) in [6.07, 6.45) is 1.74. The molecule has 0 aromatic carbocycles. The number of hydrogen-bond acceptors (Lipinski definition) is 4. The fourth-order valence-electron chi connectivity index (χ4n) is 1.98. The molecule has 1 aromatic rings. The molecule has 0 unspecified atom stereocenters. The van der Waals surface area contributed by atoms with Crippen LogP contribution in [0.4, 0.5) is 0 Å². The van der Waals surface area contributed by atoms with Crippen molar-refractivity contribution in [3.05, 3.63) is 24.2 Å². The molecule has 1 saturated heterocycles. The molecule has 1 aliphatic rings. The van der Waals surface area contributed by atoms with Crippen LogP contribution in [0.15, 0.2) is 22.8 Å². The van der Waals surface area contributed by atoms with Gasteiger partial charge in [-0.2, -0.15) is 0 Å². The first-order valence-electron chi connectivity index (χ1n) is 5.55. The van der Waals surface area contributed by atoms with E-state index in [2.05, 4.69) is 9.80 Å². The van der Waals surface area contributed by atoms with Gasteiger partial charge in [0, 0.05) is 39.3 Å². The van der Waals surface area contributed by atoms with E-state index in [4.69, 9.17) is 10.2 Å². The number of nitrogens with two attached hydrogens (primary N) is 1. The Morgan fingerprint density at radius 3 is 2.53 bits per heavy atom. The smallest absolute Gasteiger partial charge is 0.117 e. The highest BCUT2D eigenvalue weighted by Gasteiger charge is 2.16. The van der Waals surface area contributed by atoms with Crippen LogP contribution in [0.25, 0.3) is 0 Å². The summed E-state index contributed by atoms with van der Waals surface area (Å²) < 4.78 is 5.34. The van der Waals surface area contributed by atoms with Gasteiger partial charge < -0.3 is 10.2 Å². The second-order valence-corrected chi connectivity index (χ2v) is 3.99. The SMILES string of the molecule is NCCN1CCN(Cc2ccco2)CC1. The summed E-state index contributed by atoms with van der Waals surface area (Å²) in [5.74, 6) is 1.06. The van der Waals surface area contributed by atoms with Crippen molar-refractivity contribution < 1.29 is 4.42 Å². The molecule has 1 aliphatic heterocycles. The number of nitrogens with zero attached hydrogens (tertiary/aromatic N) is 2. The lowest BCUT2D eigenvalue weighted by Crippen LogP contribution is -2.47. The van der Waals surface area contributed by atoms with Crippen molar-refractivity contribution in [2.24, 2.45) is 5.73 Å². The van der Waals surface area contributed by atoms with E-state index in [0.29, 0.717) is 0 Å². The van der Waals surface area contributed by atoms with E-state index in [1.165, 1.54) is 0 Å². The normalized spacial score (nSPS) is 19.5. The molecule has 4 nitrogen and oxygen atoms in total. The zero-order valence-corrected chi connectivity index (χ0v) is 9.06. The number of piperazine rings is 1. The van der Waals surface area contributed by atoms with Gasteiger partial charge in [-0.3, -0.25) is 9.80 Å². The third-order valence-corrected chi connectivity index (χ3v) is 2.87. The number of rotatable bonds is 4. The van der Waals surface area contributed by atoms with E-state index in [1.54, 1.807) is 6.26 Å². The Labute approximate surface area is 90.6 Å². The molecule has 2 rings (SSSR count). The van der Waals surface area contributed by atoms with Crippen LogP contribution in [0.5, 0.6) is 0 Å². The van der Waals surface area contributed by atoms with E-state index >= 15 is 0 Å². The minimum absolute atomic E-state index is 0.762. The van der Waals surface area contributed by atoms with Crippen molar-refractivity contribution in [2.45, 2.75) is 6.54 Å². The van der Waals surface area contributed by atoms with Gasteiger partial charge in [0.1, 0.15) is 5.76 Å². The van der Waals surface area contributed by atoms with Crippen molar-refractivity contribution in [3.8, 4) is 0 Å². The van der Waals surface area contributed by atoms with E-state index in [1.807, 2.05) is 12.1 Å². The van der Waals surface area contributed by atoms with Crippen molar-refractivity contribution in [1.29, 1.82) is 0 Å². The van der Waals surface area contributed by atoms with E-state index in [9.17, 15) is 0 Å². The van der Waals surface area contributed by atoms with Gasteiger partial charge in [0.2, 0.25) is 0 Å². The lowest BCUT2D eigenvalue weighted by Gasteiger charge is -2.33. The van der Waals surface area contributed by atoms with Gasteiger partial charge in [-0.1, -0.05) is 0 Å². The van der Waals surface area contributed by atoms with Crippen LogP contribution in [0.2, 0.25) is 0 Å². The van der Waals surface area contributed by atoms with Crippen LogP contribution in [0, 0.1) is 0 Å². The maximum Gasteiger partial charge on any atom is 0.117 e. The molecule has 0 spiro atoms. The Hall–Kier alpha value is -0.840. The number of furan rings is 1. The van der Waals surface area contributed by atoms with Gasteiger partial charge >= 0.3 is 0 Å². The first kappa shape index (κ1) is 10.7. The molecule has 0 radical (unpaired) electrons. The maximum absolute atomic E-state index is 5.53. The molecule has 1 fully saturated rings. The lowest BCUT2D eigenvalue weighted by atomic mass is 10.3. The van der Waals surface area contributed by atoms with Crippen molar-refractivity contribution >= 4 is 0 Å². The fourth-order valence-corrected chi connectivity index (χ4v) is 1.98. The molecule has 0 atom stereocenters. The molecule has 2 heterocycles. The van der Waals surface area contributed by atoms with Crippen LogP contribution in [-0.4, -0.2) is 49.1 Å². The minimum atomic E-state index is 0.762. The zero-order valence-electron chi connectivity index (χ0n) is 9.06. The predicted octanol–water partition coefficient (Wildman–Crippen LogP) is 0.356. The summed E-state index contributed by atoms with van der Waals surface area (Å²) in [5, 5.41) is 0. The van der Waals surface area contributed by atoms with E-state index in [-0.39, 0.29) is 0 Å². The summed E-state index contributed by atoms with van der Waals surface area (Å²) in [7, 11) is 0. The molecular formula is C11H19N3O. The van der Waals surface area contributed by atoms with Crippen LogP contribution in [0.3, 0.4) is 0 Å². The monoisotopic (exact) mass is 209 g/mol. The van der Waals surface area contributed by atoms with Gasteiger partial charge in [-0.15, -0.1) is 0 Å². The molecule has 0 aliphatic carbocycles. The predicted molar refractivity (Wildman–Crippen MR) is 59.5 cm³/mol. The van der Waals surface area contributed by atoms with Gasteiger partial charge in [-0.25, -0.2) is 0 Å². The molecule has 84 valence electrons. The average molecular weight is 209 g/mol. The van der Waals surface area contributed by atoms with Crippen LogP contribution < -0.4 is 5.73 Å². The Balaban J connectivity index is 1.74. The largest absolute Gasteiger partial charge is 0.468 e. The van der Waals surface area contributed by atoms with Gasteiger partial charge in [-0.05, 0) is 12.1 Å². The molecule has 15 heavy (non-hydrogen) atoms. The second-order valence-electron chi connectivity index (χ2n) is 3.99.